The van der Waals surface area contributed by atoms with Gasteiger partial charge in [-0.3, -0.25) is 9.59 Å². The molecule has 0 saturated carbocycles. The molecular formula is C20H21F3N2O4. The minimum absolute atomic E-state index is 0.0467. The number of nitrogens with one attached hydrogen (secondary N) is 1. The third-order valence-electron chi connectivity index (χ3n) is 4.37. The van der Waals surface area contributed by atoms with E-state index in [9.17, 15) is 22.8 Å². The molecule has 1 atom stereocenters. The Labute approximate surface area is 166 Å². The molecule has 2 aromatic rings. The molecule has 0 radical (unpaired) electrons. The summed E-state index contributed by atoms with van der Waals surface area (Å²) in [5.41, 5.74) is 0.454. The zero-order valence-corrected chi connectivity index (χ0v) is 16.1. The number of halogens is 3. The number of rotatable bonds is 8. The van der Waals surface area contributed by atoms with Gasteiger partial charge >= 0.3 is 6.61 Å². The maximum absolute atomic E-state index is 13.9. The Bertz CT molecular complexity index is 877. The molecule has 156 valence electrons. The number of nitrogens with zero attached hydrogens (tertiary/aromatic N) is 1. The Morgan fingerprint density at radius 3 is 2.45 bits per heavy atom. The Balaban J connectivity index is 2.01. The largest absolute Gasteiger partial charge is 0.493 e. The number of alkyl halides is 2. The van der Waals surface area contributed by atoms with E-state index in [4.69, 9.17) is 4.74 Å². The molecule has 0 bridgehead atoms. The van der Waals surface area contributed by atoms with Crippen molar-refractivity contribution in [2.24, 2.45) is 0 Å². The van der Waals surface area contributed by atoms with Crippen LogP contribution in [0.25, 0.3) is 0 Å². The first-order chi connectivity index (χ1) is 13.7. The van der Waals surface area contributed by atoms with Crippen molar-refractivity contribution in [2.75, 3.05) is 20.7 Å². The van der Waals surface area contributed by atoms with E-state index < -0.39 is 30.3 Å². The van der Waals surface area contributed by atoms with Crippen LogP contribution < -0.4 is 14.8 Å². The molecular weight excluding hydrogens is 389 g/mol. The van der Waals surface area contributed by atoms with E-state index in [1.807, 2.05) is 0 Å². The van der Waals surface area contributed by atoms with E-state index >= 15 is 0 Å². The van der Waals surface area contributed by atoms with Gasteiger partial charge in [0.2, 0.25) is 5.91 Å². The number of hydrogen-bond acceptors (Lipinski definition) is 4. The van der Waals surface area contributed by atoms with Crippen molar-refractivity contribution in [3.63, 3.8) is 0 Å². The second kappa shape index (κ2) is 9.81. The number of carbonyl (C=O) groups excluding carboxylic acids is 2. The number of hydrogen-bond donors (Lipinski definition) is 1. The minimum atomic E-state index is -3.03. The lowest BCUT2D eigenvalue weighted by Crippen LogP contribution is -2.39. The fourth-order valence-electron chi connectivity index (χ4n) is 2.62. The first-order valence-electron chi connectivity index (χ1n) is 8.65. The van der Waals surface area contributed by atoms with Crippen LogP contribution in [0.1, 0.15) is 28.9 Å². The normalized spacial score (nSPS) is 11.7. The highest BCUT2D eigenvalue weighted by Gasteiger charge is 2.21. The van der Waals surface area contributed by atoms with Gasteiger partial charge in [-0.25, -0.2) is 4.39 Å². The monoisotopic (exact) mass is 410 g/mol. The molecule has 6 nitrogen and oxygen atoms in total. The number of methoxy groups -OCH3 is 1. The van der Waals surface area contributed by atoms with Crippen LogP contribution in [0.5, 0.6) is 11.5 Å². The molecule has 1 N–H and O–H groups in total. The maximum atomic E-state index is 13.9. The van der Waals surface area contributed by atoms with E-state index in [0.717, 1.165) is 0 Å². The Kier molecular flexibility index (Phi) is 7.46. The van der Waals surface area contributed by atoms with E-state index in [1.165, 1.54) is 43.3 Å². The number of ether oxygens (including phenoxy) is 2. The number of benzene rings is 2. The van der Waals surface area contributed by atoms with Gasteiger partial charge in [-0.1, -0.05) is 18.2 Å². The topological polar surface area (TPSA) is 67.9 Å². The van der Waals surface area contributed by atoms with Crippen LogP contribution in [0.15, 0.2) is 42.5 Å². The summed E-state index contributed by atoms with van der Waals surface area (Å²) in [5.74, 6) is -1.73. The Morgan fingerprint density at radius 2 is 1.83 bits per heavy atom. The van der Waals surface area contributed by atoms with Crippen molar-refractivity contribution < 1.29 is 32.2 Å². The van der Waals surface area contributed by atoms with Crippen LogP contribution >= 0.6 is 0 Å². The van der Waals surface area contributed by atoms with Gasteiger partial charge in [-0.2, -0.15) is 8.78 Å². The first kappa shape index (κ1) is 22.1. The molecule has 0 fully saturated rings. The fourth-order valence-corrected chi connectivity index (χ4v) is 2.62. The minimum Gasteiger partial charge on any atom is -0.493 e. The average molecular weight is 410 g/mol. The summed E-state index contributed by atoms with van der Waals surface area (Å²) < 4.78 is 47.9. The molecule has 9 heteroatoms. The lowest BCUT2D eigenvalue weighted by molar-refractivity contribution is -0.130. The van der Waals surface area contributed by atoms with Crippen molar-refractivity contribution in [1.82, 2.24) is 10.2 Å². The third-order valence-corrected chi connectivity index (χ3v) is 4.37. The summed E-state index contributed by atoms with van der Waals surface area (Å²) >= 11 is 0. The highest BCUT2D eigenvalue weighted by molar-refractivity contribution is 5.97. The van der Waals surface area contributed by atoms with Crippen molar-refractivity contribution >= 4 is 11.8 Å². The molecule has 29 heavy (non-hydrogen) atoms. The van der Waals surface area contributed by atoms with E-state index in [-0.39, 0.29) is 23.6 Å². The molecule has 0 aliphatic heterocycles. The molecule has 2 rings (SSSR count). The highest BCUT2D eigenvalue weighted by atomic mass is 19.3. The zero-order chi connectivity index (χ0) is 21.6. The summed E-state index contributed by atoms with van der Waals surface area (Å²) in [6.07, 6.45) is 0. The summed E-state index contributed by atoms with van der Waals surface area (Å²) in [6.45, 7) is -1.69. The van der Waals surface area contributed by atoms with Crippen LogP contribution in [0.2, 0.25) is 0 Å². The van der Waals surface area contributed by atoms with Crippen molar-refractivity contribution in [2.45, 2.75) is 19.6 Å². The number of amides is 2. The summed E-state index contributed by atoms with van der Waals surface area (Å²) in [5, 5.41) is 2.44. The fraction of sp³-hybridized carbons (Fsp3) is 0.300. The van der Waals surface area contributed by atoms with Gasteiger partial charge in [0, 0.05) is 18.2 Å². The van der Waals surface area contributed by atoms with Crippen molar-refractivity contribution in [3.05, 3.63) is 59.4 Å². The third kappa shape index (κ3) is 5.63. The van der Waals surface area contributed by atoms with Crippen LogP contribution in [0, 0.1) is 5.82 Å². The molecule has 0 spiro atoms. The maximum Gasteiger partial charge on any atom is 0.387 e. The van der Waals surface area contributed by atoms with Crippen LogP contribution in [-0.4, -0.2) is 44.0 Å². The summed E-state index contributed by atoms with van der Waals surface area (Å²) in [4.78, 5) is 26.0. The molecule has 2 amide bonds. The van der Waals surface area contributed by atoms with Crippen molar-refractivity contribution in [3.8, 4) is 11.5 Å². The lowest BCUT2D eigenvalue weighted by Gasteiger charge is -2.25. The predicted octanol–water partition coefficient (Wildman–Crippen LogP) is 3.39. The van der Waals surface area contributed by atoms with Crippen LogP contribution in [-0.2, 0) is 4.79 Å². The molecule has 1 unspecified atom stereocenters. The smallest absolute Gasteiger partial charge is 0.387 e. The molecule has 0 aliphatic rings. The second-order valence-corrected chi connectivity index (χ2v) is 6.13. The average Bonchev–Trinajstić information content (AvgIpc) is 2.70. The SMILES string of the molecule is COc1cc(C(=O)NCC(=O)N(C)C(C)c2ccccc2F)ccc1OC(F)F. The Hall–Kier alpha value is -3.23. The van der Waals surface area contributed by atoms with Gasteiger partial charge in [-0.05, 0) is 31.2 Å². The van der Waals surface area contributed by atoms with Gasteiger partial charge in [0.05, 0.1) is 19.7 Å². The van der Waals surface area contributed by atoms with Crippen LogP contribution in [0.4, 0.5) is 13.2 Å². The summed E-state index contributed by atoms with van der Waals surface area (Å²) in [7, 11) is 2.75. The van der Waals surface area contributed by atoms with Gasteiger partial charge in [-0.15, -0.1) is 0 Å². The first-order valence-corrected chi connectivity index (χ1v) is 8.65. The quantitative estimate of drug-likeness (QED) is 0.725. The molecule has 0 heterocycles. The lowest BCUT2D eigenvalue weighted by atomic mass is 10.1. The van der Waals surface area contributed by atoms with Gasteiger partial charge in [0.25, 0.3) is 5.91 Å². The van der Waals surface area contributed by atoms with Gasteiger partial charge in [0.1, 0.15) is 5.82 Å². The molecule has 0 aromatic heterocycles. The molecule has 0 saturated heterocycles. The van der Waals surface area contributed by atoms with E-state index in [0.29, 0.717) is 5.56 Å². The second-order valence-electron chi connectivity index (χ2n) is 6.13. The van der Waals surface area contributed by atoms with Crippen LogP contribution in [0.3, 0.4) is 0 Å². The van der Waals surface area contributed by atoms with E-state index in [1.54, 1.807) is 25.1 Å². The van der Waals surface area contributed by atoms with Crippen molar-refractivity contribution in [1.29, 1.82) is 0 Å². The Morgan fingerprint density at radius 1 is 1.14 bits per heavy atom. The predicted molar refractivity (Wildman–Crippen MR) is 99.5 cm³/mol. The molecule has 0 aliphatic carbocycles. The number of likely N-dealkylation sites (N-methyl/N-ethyl adjacent to an activating group) is 1. The van der Waals surface area contributed by atoms with E-state index in [2.05, 4.69) is 10.1 Å². The van der Waals surface area contributed by atoms with Gasteiger partial charge in [0.15, 0.2) is 11.5 Å². The zero-order valence-electron chi connectivity index (χ0n) is 16.1. The number of carbonyl (C=O) groups is 2. The highest BCUT2D eigenvalue weighted by Crippen LogP contribution is 2.29. The standard InChI is InChI=1S/C20H21F3N2O4/c1-12(14-6-4-5-7-15(14)21)25(2)18(26)11-24-19(27)13-8-9-16(29-20(22)23)17(10-13)28-3/h4-10,12,20H,11H2,1-3H3,(H,24,27). The molecule has 2 aromatic carbocycles. The van der Waals surface area contributed by atoms with Gasteiger partial charge < -0.3 is 19.7 Å². The summed E-state index contributed by atoms with van der Waals surface area (Å²) in [6, 6.07) is 9.25.